The molecule has 18 heavy (non-hydrogen) atoms. The predicted molar refractivity (Wildman–Crippen MR) is 76.5 cm³/mol. The predicted octanol–water partition coefficient (Wildman–Crippen LogP) is 3.45. The van der Waals surface area contributed by atoms with Crippen molar-refractivity contribution in [3.05, 3.63) is 30.3 Å². The third kappa shape index (κ3) is 2.88. The standard InChI is InChI=1S/C15H20N2S/c1-17-15(12-16)10-5-6-13(15)9-11-18-14-7-3-2-4-8-14/h2-4,7-8,13,17H,5-6,9-11H2,1H3. The van der Waals surface area contributed by atoms with E-state index in [1.807, 2.05) is 24.9 Å². The van der Waals surface area contributed by atoms with Crippen molar-refractivity contribution in [1.29, 1.82) is 5.26 Å². The summed E-state index contributed by atoms with van der Waals surface area (Å²) in [6, 6.07) is 13.0. The second-order valence-electron chi connectivity index (χ2n) is 4.87. The minimum atomic E-state index is -0.267. The fourth-order valence-corrected chi connectivity index (χ4v) is 3.82. The van der Waals surface area contributed by atoms with Gasteiger partial charge in [0.2, 0.25) is 0 Å². The van der Waals surface area contributed by atoms with Crippen LogP contribution in [-0.2, 0) is 0 Å². The lowest BCUT2D eigenvalue weighted by molar-refractivity contribution is 0.332. The fourth-order valence-electron chi connectivity index (χ4n) is 2.84. The Morgan fingerprint density at radius 3 is 2.89 bits per heavy atom. The van der Waals surface area contributed by atoms with Crippen LogP contribution in [-0.4, -0.2) is 18.3 Å². The number of thioether (sulfide) groups is 1. The minimum Gasteiger partial charge on any atom is -0.302 e. The molecule has 2 rings (SSSR count). The van der Waals surface area contributed by atoms with Crippen molar-refractivity contribution in [2.75, 3.05) is 12.8 Å². The van der Waals surface area contributed by atoms with Crippen molar-refractivity contribution in [3.63, 3.8) is 0 Å². The number of nitrogens with one attached hydrogen (secondary N) is 1. The number of benzene rings is 1. The van der Waals surface area contributed by atoms with E-state index in [2.05, 4.69) is 35.7 Å². The van der Waals surface area contributed by atoms with Crippen molar-refractivity contribution in [2.45, 2.75) is 36.1 Å². The summed E-state index contributed by atoms with van der Waals surface area (Å²) in [7, 11) is 1.92. The minimum absolute atomic E-state index is 0.267. The summed E-state index contributed by atoms with van der Waals surface area (Å²) in [6.45, 7) is 0. The first kappa shape index (κ1) is 13.5. The van der Waals surface area contributed by atoms with E-state index in [1.54, 1.807) is 0 Å². The van der Waals surface area contributed by atoms with Crippen LogP contribution in [0.25, 0.3) is 0 Å². The fraction of sp³-hybridized carbons (Fsp3) is 0.533. The zero-order valence-corrected chi connectivity index (χ0v) is 11.7. The van der Waals surface area contributed by atoms with Gasteiger partial charge in [-0.05, 0) is 50.1 Å². The monoisotopic (exact) mass is 260 g/mol. The highest BCUT2D eigenvalue weighted by Gasteiger charge is 2.41. The molecule has 1 N–H and O–H groups in total. The summed E-state index contributed by atoms with van der Waals surface area (Å²) in [5, 5.41) is 12.6. The van der Waals surface area contributed by atoms with Crippen LogP contribution in [0.5, 0.6) is 0 Å². The van der Waals surface area contributed by atoms with Crippen LogP contribution in [0.4, 0.5) is 0 Å². The molecule has 1 aliphatic rings. The molecule has 1 aromatic carbocycles. The normalized spacial score (nSPS) is 27.0. The van der Waals surface area contributed by atoms with Crippen molar-refractivity contribution in [1.82, 2.24) is 5.32 Å². The number of hydrogen-bond acceptors (Lipinski definition) is 3. The Morgan fingerprint density at radius 2 is 2.22 bits per heavy atom. The summed E-state index contributed by atoms with van der Waals surface area (Å²) < 4.78 is 0. The topological polar surface area (TPSA) is 35.8 Å². The number of nitriles is 1. The van der Waals surface area contributed by atoms with Crippen LogP contribution >= 0.6 is 11.8 Å². The van der Waals surface area contributed by atoms with Gasteiger partial charge < -0.3 is 5.32 Å². The Hall–Kier alpha value is -0.980. The third-order valence-electron chi connectivity index (χ3n) is 3.94. The van der Waals surface area contributed by atoms with Gasteiger partial charge in [-0.15, -0.1) is 11.8 Å². The summed E-state index contributed by atoms with van der Waals surface area (Å²) in [6.07, 6.45) is 4.48. The second-order valence-corrected chi connectivity index (χ2v) is 6.04. The van der Waals surface area contributed by atoms with Crippen molar-refractivity contribution in [2.24, 2.45) is 5.92 Å². The van der Waals surface area contributed by atoms with Crippen molar-refractivity contribution < 1.29 is 0 Å². The molecule has 0 aromatic heterocycles. The Labute approximate surface area is 114 Å². The molecule has 2 atom stereocenters. The quantitative estimate of drug-likeness (QED) is 0.824. The number of rotatable bonds is 5. The Kier molecular flexibility index (Phi) is 4.68. The first-order valence-electron chi connectivity index (χ1n) is 6.59. The van der Waals surface area contributed by atoms with E-state index in [-0.39, 0.29) is 5.54 Å². The molecule has 1 aliphatic carbocycles. The van der Waals surface area contributed by atoms with Gasteiger partial charge in [-0.2, -0.15) is 5.26 Å². The zero-order valence-electron chi connectivity index (χ0n) is 10.9. The zero-order chi connectivity index (χ0) is 12.8. The van der Waals surface area contributed by atoms with Gasteiger partial charge in [-0.25, -0.2) is 0 Å². The van der Waals surface area contributed by atoms with Gasteiger partial charge in [-0.1, -0.05) is 24.6 Å². The molecule has 1 aromatic rings. The van der Waals surface area contributed by atoms with Crippen LogP contribution in [0.3, 0.4) is 0 Å². The van der Waals surface area contributed by atoms with Crippen LogP contribution in [0.2, 0.25) is 0 Å². The molecule has 0 aliphatic heterocycles. The Bertz CT molecular complexity index is 412. The molecule has 1 saturated carbocycles. The lowest BCUT2D eigenvalue weighted by Gasteiger charge is -2.28. The van der Waals surface area contributed by atoms with Crippen LogP contribution in [0.15, 0.2) is 35.2 Å². The van der Waals surface area contributed by atoms with Gasteiger partial charge in [0.1, 0.15) is 5.54 Å². The summed E-state index contributed by atoms with van der Waals surface area (Å²) in [5.41, 5.74) is -0.267. The number of nitrogens with zero attached hydrogens (tertiary/aromatic N) is 1. The third-order valence-corrected chi connectivity index (χ3v) is 4.99. The second kappa shape index (κ2) is 6.26. The average molecular weight is 260 g/mol. The van der Waals surface area contributed by atoms with E-state index in [1.165, 1.54) is 17.7 Å². The van der Waals surface area contributed by atoms with E-state index < -0.39 is 0 Å². The summed E-state index contributed by atoms with van der Waals surface area (Å²) in [4.78, 5) is 1.32. The maximum atomic E-state index is 9.38. The molecule has 0 radical (unpaired) electrons. The lowest BCUT2D eigenvalue weighted by Crippen LogP contribution is -2.44. The van der Waals surface area contributed by atoms with Gasteiger partial charge >= 0.3 is 0 Å². The van der Waals surface area contributed by atoms with Crippen molar-refractivity contribution >= 4 is 11.8 Å². The van der Waals surface area contributed by atoms with Gasteiger partial charge in [0.15, 0.2) is 0 Å². The molecular formula is C15H20N2S. The molecule has 0 bridgehead atoms. The van der Waals surface area contributed by atoms with Crippen molar-refractivity contribution in [3.8, 4) is 6.07 Å². The first-order chi connectivity index (χ1) is 8.80. The largest absolute Gasteiger partial charge is 0.302 e. The summed E-state index contributed by atoms with van der Waals surface area (Å²) >= 11 is 1.89. The Balaban J connectivity index is 1.85. The van der Waals surface area contributed by atoms with Gasteiger partial charge in [-0.3, -0.25) is 0 Å². The first-order valence-corrected chi connectivity index (χ1v) is 7.57. The van der Waals surface area contributed by atoms with Gasteiger partial charge in [0.25, 0.3) is 0 Å². The summed E-state index contributed by atoms with van der Waals surface area (Å²) in [5.74, 6) is 1.60. The molecule has 2 nitrogen and oxygen atoms in total. The Morgan fingerprint density at radius 1 is 1.44 bits per heavy atom. The van der Waals surface area contributed by atoms with E-state index >= 15 is 0 Å². The molecule has 0 spiro atoms. The van der Waals surface area contributed by atoms with E-state index in [4.69, 9.17) is 0 Å². The number of hydrogen-bond donors (Lipinski definition) is 1. The van der Waals surface area contributed by atoms with Crippen LogP contribution < -0.4 is 5.32 Å². The molecule has 96 valence electrons. The average Bonchev–Trinajstić information content (AvgIpc) is 2.84. The highest BCUT2D eigenvalue weighted by molar-refractivity contribution is 7.99. The van der Waals surface area contributed by atoms with E-state index in [0.29, 0.717) is 5.92 Å². The van der Waals surface area contributed by atoms with E-state index in [9.17, 15) is 5.26 Å². The smallest absolute Gasteiger partial charge is 0.109 e. The molecule has 0 amide bonds. The van der Waals surface area contributed by atoms with E-state index in [0.717, 1.165) is 18.6 Å². The van der Waals surface area contributed by atoms with Crippen LogP contribution in [0.1, 0.15) is 25.7 Å². The SMILES string of the molecule is CNC1(C#N)CCCC1CCSc1ccccc1. The molecule has 0 saturated heterocycles. The highest BCUT2D eigenvalue weighted by atomic mass is 32.2. The van der Waals surface area contributed by atoms with Crippen LogP contribution in [0, 0.1) is 17.2 Å². The van der Waals surface area contributed by atoms with Gasteiger partial charge in [0, 0.05) is 4.90 Å². The molecule has 1 fully saturated rings. The highest BCUT2D eigenvalue weighted by Crippen LogP contribution is 2.38. The molecular weight excluding hydrogens is 240 g/mol. The molecule has 3 heteroatoms. The maximum Gasteiger partial charge on any atom is 0.109 e. The lowest BCUT2D eigenvalue weighted by atomic mass is 9.87. The maximum absolute atomic E-state index is 9.38. The molecule has 0 heterocycles. The van der Waals surface area contributed by atoms with Gasteiger partial charge in [0.05, 0.1) is 6.07 Å². The molecule has 2 unspecified atom stereocenters.